The minimum atomic E-state index is 0.133. The van der Waals surface area contributed by atoms with Crippen molar-refractivity contribution in [1.29, 1.82) is 0 Å². The van der Waals surface area contributed by atoms with Crippen LogP contribution in [0.5, 0.6) is 11.5 Å². The fourth-order valence-electron chi connectivity index (χ4n) is 2.09. The highest BCUT2D eigenvalue weighted by atomic mass is 16.5. The second kappa shape index (κ2) is 7.13. The van der Waals surface area contributed by atoms with Crippen LogP contribution >= 0.6 is 0 Å². The highest BCUT2D eigenvalue weighted by Gasteiger charge is 2.07. The second-order valence-electron chi connectivity index (χ2n) is 5.28. The van der Waals surface area contributed by atoms with E-state index in [0.29, 0.717) is 0 Å². The summed E-state index contributed by atoms with van der Waals surface area (Å²) in [6, 6.07) is 6.02. The SMILES string of the molecule is COc1cc(CNCc2cnn(C)c2)ccc1OC(C)C. The van der Waals surface area contributed by atoms with Crippen LogP contribution in [0.25, 0.3) is 0 Å². The van der Waals surface area contributed by atoms with Crippen molar-refractivity contribution in [3.8, 4) is 11.5 Å². The predicted octanol–water partition coefficient (Wildman–Crippen LogP) is 2.51. The van der Waals surface area contributed by atoms with Gasteiger partial charge in [-0.05, 0) is 31.5 Å². The van der Waals surface area contributed by atoms with E-state index in [0.717, 1.165) is 30.2 Å². The average molecular weight is 289 g/mol. The van der Waals surface area contributed by atoms with Gasteiger partial charge in [0.2, 0.25) is 0 Å². The highest BCUT2D eigenvalue weighted by Crippen LogP contribution is 2.28. The first-order valence-corrected chi connectivity index (χ1v) is 7.10. The fraction of sp³-hybridized carbons (Fsp3) is 0.438. The predicted molar refractivity (Wildman–Crippen MR) is 82.5 cm³/mol. The lowest BCUT2D eigenvalue weighted by atomic mass is 10.2. The molecular weight excluding hydrogens is 266 g/mol. The van der Waals surface area contributed by atoms with Gasteiger partial charge in [0.15, 0.2) is 11.5 Å². The van der Waals surface area contributed by atoms with Crippen molar-refractivity contribution < 1.29 is 9.47 Å². The maximum absolute atomic E-state index is 5.71. The Labute approximate surface area is 125 Å². The molecule has 0 bridgehead atoms. The number of rotatable bonds is 7. The van der Waals surface area contributed by atoms with Crippen LogP contribution in [-0.4, -0.2) is 23.0 Å². The van der Waals surface area contributed by atoms with Crippen LogP contribution in [0, 0.1) is 0 Å². The third-order valence-corrected chi connectivity index (χ3v) is 3.01. The Morgan fingerprint density at radius 2 is 1.95 bits per heavy atom. The summed E-state index contributed by atoms with van der Waals surface area (Å²) in [7, 11) is 3.58. The van der Waals surface area contributed by atoms with Gasteiger partial charge in [-0.1, -0.05) is 6.07 Å². The molecule has 0 amide bonds. The van der Waals surface area contributed by atoms with E-state index in [1.165, 1.54) is 5.56 Å². The van der Waals surface area contributed by atoms with E-state index in [4.69, 9.17) is 9.47 Å². The van der Waals surface area contributed by atoms with Crippen molar-refractivity contribution in [3.05, 3.63) is 41.7 Å². The van der Waals surface area contributed by atoms with Crippen LogP contribution in [0.1, 0.15) is 25.0 Å². The molecular formula is C16H23N3O2. The van der Waals surface area contributed by atoms with Crippen LogP contribution < -0.4 is 14.8 Å². The van der Waals surface area contributed by atoms with E-state index in [-0.39, 0.29) is 6.10 Å². The summed E-state index contributed by atoms with van der Waals surface area (Å²) in [5, 5.41) is 7.54. The summed E-state index contributed by atoms with van der Waals surface area (Å²) in [4.78, 5) is 0. The zero-order valence-electron chi connectivity index (χ0n) is 13.1. The van der Waals surface area contributed by atoms with Crippen molar-refractivity contribution in [3.63, 3.8) is 0 Å². The van der Waals surface area contributed by atoms with E-state index in [9.17, 15) is 0 Å². The van der Waals surface area contributed by atoms with E-state index in [1.807, 2.05) is 45.4 Å². The monoisotopic (exact) mass is 289 g/mol. The van der Waals surface area contributed by atoms with Crippen LogP contribution in [0.4, 0.5) is 0 Å². The van der Waals surface area contributed by atoms with Crippen molar-refractivity contribution in [2.24, 2.45) is 7.05 Å². The van der Waals surface area contributed by atoms with Gasteiger partial charge < -0.3 is 14.8 Å². The molecule has 0 aliphatic rings. The maximum Gasteiger partial charge on any atom is 0.161 e. The number of benzene rings is 1. The smallest absolute Gasteiger partial charge is 0.161 e. The first-order chi connectivity index (χ1) is 10.1. The largest absolute Gasteiger partial charge is 0.493 e. The Morgan fingerprint density at radius 1 is 1.19 bits per heavy atom. The number of hydrogen-bond acceptors (Lipinski definition) is 4. The third-order valence-electron chi connectivity index (χ3n) is 3.01. The van der Waals surface area contributed by atoms with Gasteiger partial charge in [0, 0.05) is 31.9 Å². The molecule has 5 nitrogen and oxygen atoms in total. The average Bonchev–Trinajstić information content (AvgIpc) is 2.85. The number of methoxy groups -OCH3 is 1. The summed E-state index contributed by atoms with van der Waals surface area (Å²) in [6.07, 6.45) is 4.01. The molecule has 0 radical (unpaired) electrons. The lowest BCUT2D eigenvalue weighted by molar-refractivity contribution is 0.230. The Hall–Kier alpha value is -2.01. The van der Waals surface area contributed by atoms with Crippen LogP contribution in [0.2, 0.25) is 0 Å². The number of aryl methyl sites for hydroxylation is 1. The van der Waals surface area contributed by atoms with E-state index >= 15 is 0 Å². The van der Waals surface area contributed by atoms with Gasteiger partial charge in [0.05, 0.1) is 19.4 Å². The fourth-order valence-corrected chi connectivity index (χ4v) is 2.09. The number of hydrogen-bond donors (Lipinski definition) is 1. The molecule has 0 saturated carbocycles. The molecule has 21 heavy (non-hydrogen) atoms. The summed E-state index contributed by atoms with van der Waals surface area (Å²) < 4.78 is 12.9. The van der Waals surface area contributed by atoms with Crippen molar-refractivity contribution in [2.45, 2.75) is 33.0 Å². The molecule has 1 aromatic carbocycles. The molecule has 1 aromatic heterocycles. The Kier molecular flexibility index (Phi) is 5.22. The number of nitrogens with one attached hydrogen (secondary N) is 1. The van der Waals surface area contributed by atoms with Crippen LogP contribution in [-0.2, 0) is 20.1 Å². The molecule has 0 spiro atoms. The summed E-state index contributed by atoms with van der Waals surface area (Å²) in [6.45, 7) is 5.57. The molecule has 0 atom stereocenters. The van der Waals surface area contributed by atoms with Crippen molar-refractivity contribution >= 4 is 0 Å². The first-order valence-electron chi connectivity index (χ1n) is 7.10. The number of aromatic nitrogens is 2. The molecule has 1 heterocycles. The lowest BCUT2D eigenvalue weighted by Gasteiger charge is -2.14. The van der Waals surface area contributed by atoms with Gasteiger partial charge in [-0.3, -0.25) is 4.68 Å². The van der Waals surface area contributed by atoms with Gasteiger partial charge in [-0.25, -0.2) is 0 Å². The zero-order valence-corrected chi connectivity index (χ0v) is 13.1. The van der Waals surface area contributed by atoms with Gasteiger partial charge in [0.25, 0.3) is 0 Å². The summed E-state index contributed by atoms with van der Waals surface area (Å²) >= 11 is 0. The molecule has 0 fully saturated rings. The quantitative estimate of drug-likeness (QED) is 0.851. The minimum Gasteiger partial charge on any atom is -0.493 e. The molecule has 0 unspecified atom stereocenters. The summed E-state index contributed by atoms with van der Waals surface area (Å²) in [5.41, 5.74) is 2.33. The molecule has 2 rings (SSSR count). The van der Waals surface area contributed by atoms with E-state index < -0.39 is 0 Å². The standard InChI is InChI=1S/C16H23N3O2/c1-12(2)21-15-6-5-13(7-16(15)20-4)8-17-9-14-10-18-19(3)11-14/h5-7,10-12,17H,8-9H2,1-4H3. The van der Waals surface area contributed by atoms with Crippen molar-refractivity contribution in [2.75, 3.05) is 7.11 Å². The molecule has 1 N–H and O–H groups in total. The molecule has 0 aliphatic carbocycles. The van der Waals surface area contributed by atoms with Crippen LogP contribution in [0.15, 0.2) is 30.6 Å². The number of ether oxygens (including phenoxy) is 2. The third kappa shape index (κ3) is 4.49. The molecule has 114 valence electrons. The van der Waals surface area contributed by atoms with Crippen molar-refractivity contribution in [1.82, 2.24) is 15.1 Å². The van der Waals surface area contributed by atoms with E-state index in [2.05, 4.69) is 16.5 Å². The second-order valence-corrected chi connectivity index (χ2v) is 5.28. The number of nitrogens with zero attached hydrogens (tertiary/aromatic N) is 2. The summed E-state index contributed by atoms with van der Waals surface area (Å²) in [5.74, 6) is 1.55. The molecule has 5 heteroatoms. The van der Waals surface area contributed by atoms with Gasteiger partial charge in [-0.2, -0.15) is 5.10 Å². The molecule has 0 saturated heterocycles. The molecule has 0 aliphatic heterocycles. The van der Waals surface area contributed by atoms with Gasteiger partial charge >= 0.3 is 0 Å². The topological polar surface area (TPSA) is 48.3 Å². The van der Waals surface area contributed by atoms with E-state index in [1.54, 1.807) is 11.8 Å². The van der Waals surface area contributed by atoms with Crippen LogP contribution in [0.3, 0.4) is 0 Å². The normalized spacial score (nSPS) is 10.9. The Bertz CT molecular complexity index is 579. The Balaban J connectivity index is 1.94. The Morgan fingerprint density at radius 3 is 2.57 bits per heavy atom. The van der Waals surface area contributed by atoms with Gasteiger partial charge in [0.1, 0.15) is 0 Å². The van der Waals surface area contributed by atoms with Gasteiger partial charge in [-0.15, -0.1) is 0 Å². The zero-order chi connectivity index (χ0) is 15.2. The first kappa shape index (κ1) is 15.4. The minimum absolute atomic E-state index is 0.133. The maximum atomic E-state index is 5.71. The highest BCUT2D eigenvalue weighted by molar-refractivity contribution is 5.43. The molecule has 2 aromatic rings. The lowest BCUT2D eigenvalue weighted by Crippen LogP contribution is -2.12.